The van der Waals surface area contributed by atoms with Gasteiger partial charge in [-0.05, 0) is 36.4 Å². The molecule has 25 heavy (non-hydrogen) atoms. The predicted octanol–water partition coefficient (Wildman–Crippen LogP) is 2.86. The van der Waals surface area contributed by atoms with E-state index in [0.29, 0.717) is 18.9 Å². The normalized spacial score (nSPS) is 11.8. The Morgan fingerprint density at radius 1 is 1.16 bits per heavy atom. The molecule has 0 aliphatic heterocycles. The van der Waals surface area contributed by atoms with E-state index in [1.165, 1.54) is 29.0 Å². The maximum Gasteiger partial charge on any atom is 0.516 e. The number of nitrogens with one attached hydrogen (secondary N) is 1. The van der Waals surface area contributed by atoms with Gasteiger partial charge >= 0.3 is 15.5 Å². The summed E-state index contributed by atoms with van der Waals surface area (Å²) >= 11 is 0. The summed E-state index contributed by atoms with van der Waals surface area (Å²) in [4.78, 5) is 6.06. The van der Waals surface area contributed by atoms with Crippen molar-refractivity contribution in [1.29, 1.82) is 0 Å². The average molecular weight is 375 g/mol. The standard InChI is InChI=1S/C15H16F3N3O3S/c1-21(14-4-2-3-9-19-14)10-11-24-13-7-5-12(6-8-13)20-25(22,23)15(16,17)18/h2-9,20H,10-11H2,1H3. The van der Waals surface area contributed by atoms with Crippen molar-refractivity contribution in [1.82, 2.24) is 4.98 Å². The Hall–Kier alpha value is -2.49. The summed E-state index contributed by atoms with van der Waals surface area (Å²) in [7, 11) is -3.58. The number of hydrogen-bond donors (Lipinski definition) is 1. The number of ether oxygens (including phenoxy) is 1. The first-order valence-corrected chi connectivity index (χ1v) is 8.61. The van der Waals surface area contributed by atoms with Gasteiger partial charge in [0.05, 0.1) is 6.54 Å². The van der Waals surface area contributed by atoms with Crippen molar-refractivity contribution in [3.8, 4) is 5.75 Å². The van der Waals surface area contributed by atoms with Gasteiger partial charge in [-0.3, -0.25) is 4.72 Å². The molecule has 0 aliphatic rings. The van der Waals surface area contributed by atoms with Gasteiger partial charge in [0.25, 0.3) is 0 Å². The minimum Gasteiger partial charge on any atom is -0.492 e. The van der Waals surface area contributed by atoms with E-state index in [1.807, 2.05) is 30.1 Å². The molecule has 0 saturated heterocycles. The first-order valence-electron chi connectivity index (χ1n) is 7.13. The van der Waals surface area contributed by atoms with Crippen LogP contribution in [0, 0.1) is 0 Å². The van der Waals surface area contributed by atoms with Crippen LogP contribution < -0.4 is 14.4 Å². The highest BCUT2D eigenvalue weighted by Gasteiger charge is 2.45. The number of likely N-dealkylation sites (N-methyl/N-ethyl adjacent to an activating group) is 1. The Morgan fingerprint density at radius 3 is 2.40 bits per heavy atom. The van der Waals surface area contributed by atoms with Gasteiger partial charge in [-0.2, -0.15) is 21.6 Å². The molecule has 0 saturated carbocycles. The van der Waals surface area contributed by atoms with Crippen LogP contribution in [-0.2, 0) is 10.0 Å². The lowest BCUT2D eigenvalue weighted by atomic mass is 10.3. The fraction of sp³-hybridized carbons (Fsp3) is 0.267. The van der Waals surface area contributed by atoms with Crippen LogP contribution in [0.15, 0.2) is 48.7 Å². The maximum atomic E-state index is 12.3. The number of hydrogen-bond acceptors (Lipinski definition) is 5. The Morgan fingerprint density at radius 2 is 1.84 bits per heavy atom. The zero-order valence-corrected chi connectivity index (χ0v) is 14.0. The topological polar surface area (TPSA) is 71.5 Å². The van der Waals surface area contributed by atoms with Crippen LogP contribution in [0.3, 0.4) is 0 Å². The summed E-state index contributed by atoms with van der Waals surface area (Å²) in [5.74, 6) is 1.19. The summed E-state index contributed by atoms with van der Waals surface area (Å²) in [5.41, 5.74) is -5.56. The molecule has 0 amide bonds. The highest BCUT2D eigenvalue weighted by atomic mass is 32.2. The molecule has 0 fully saturated rings. The van der Waals surface area contributed by atoms with E-state index >= 15 is 0 Å². The van der Waals surface area contributed by atoms with Gasteiger partial charge in [-0.1, -0.05) is 6.07 Å². The molecule has 0 radical (unpaired) electrons. The van der Waals surface area contributed by atoms with Gasteiger partial charge in [0.15, 0.2) is 0 Å². The molecule has 2 aromatic rings. The lowest BCUT2D eigenvalue weighted by Gasteiger charge is -2.18. The monoisotopic (exact) mass is 375 g/mol. The van der Waals surface area contributed by atoms with Crippen LogP contribution in [0.2, 0.25) is 0 Å². The lowest BCUT2D eigenvalue weighted by Crippen LogP contribution is -2.29. The van der Waals surface area contributed by atoms with E-state index in [1.54, 1.807) is 6.20 Å². The fourth-order valence-corrected chi connectivity index (χ4v) is 2.39. The maximum absolute atomic E-state index is 12.3. The molecule has 136 valence electrons. The Labute approximate surface area is 143 Å². The number of alkyl halides is 3. The third-order valence-electron chi connectivity index (χ3n) is 3.15. The number of pyridine rings is 1. The SMILES string of the molecule is CN(CCOc1ccc(NS(=O)(=O)C(F)(F)F)cc1)c1ccccn1. The number of benzene rings is 1. The first-order chi connectivity index (χ1) is 11.7. The number of nitrogens with zero attached hydrogens (tertiary/aromatic N) is 2. The van der Waals surface area contributed by atoms with Gasteiger partial charge in [0, 0.05) is 18.9 Å². The summed E-state index contributed by atoms with van der Waals surface area (Å²) in [5, 5.41) is 0. The zero-order valence-electron chi connectivity index (χ0n) is 13.2. The molecule has 0 aliphatic carbocycles. The van der Waals surface area contributed by atoms with Crippen LogP contribution >= 0.6 is 0 Å². The predicted molar refractivity (Wildman–Crippen MR) is 88.0 cm³/mol. The van der Waals surface area contributed by atoms with Gasteiger partial charge in [-0.25, -0.2) is 4.98 Å². The summed E-state index contributed by atoms with van der Waals surface area (Å²) < 4.78 is 65.8. The second-order valence-corrected chi connectivity index (χ2v) is 6.71. The fourth-order valence-electron chi connectivity index (χ4n) is 1.83. The van der Waals surface area contributed by atoms with Gasteiger partial charge in [-0.15, -0.1) is 0 Å². The van der Waals surface area contributed by atoms with Gasteiger partial charge < -0.3 is 9.64 Å². The van der Waals surface area contributed by atoms with Crippen molar-refractivity contribution in [3.63, 3.8) is 0 Å². The first kappa shape index (κ1) is 18.8. The third kappa shape index (κ3) is 5.24. The molecule has 1 aromatic carbocycles. The van der Waals surface area contributed by atoms with E-state index in [4.69, 9.17) is 4.74 Å². The van der Waals surface area contributed by atoms with E-state index in [2.05, 4.69) is 4.98 Å². The average Bonchev–Trinajstić information content (AvgIpc) is 2.56. The van der Waals surface area contributed by atoms with Crippen molar-refractivity contribution < 1.29 is 26.3 Å². The Kier molecular flexibility index (Phi) is 5.73. The second kappa shape index (κ2) is 7.60. The van der Waals surface area contributed by atoms with Gasteiger partial charge in [0.2, 0.25) is 0 Å². The van der Waals surface area contributed by atoms with Crippen LogP contribution in [0.25, 0.3) is 0 Å². The van der Waals surface area contributed by atoms with E-state index in [9.17, 15) is 21.6 Å². The molecule has 0 atom stereocenters. The molecule has 2 rings (SSSR count). The smallest absolute Gasteiger partial charge is 0.492 e. The number of anilines is 2. The molecule has 0 spiro atoms. The molecular weight excluding hydrogens is 359 g/mol. The molecule has 0 bridgehead atoms. The zero-order chi connectivity index (χ0) is 18.5. The second-order valence-electron chi connectivity index (χ2n) is 5.03. The molecule has 0 unspecified atom stereocenters. The quantitative estimate of drug-likeness (QED) is 0.806. The number of rotatable bonds is 7. The highest BCUT2D eigenvalue weighted by Crippen LogP contribution is 2.26. The van der Waals surface area contributed by atoms with Crippen LogP contribution in [0.4, 0.5) is 24.7 Å². The molecule has 1 N–H and O–H groups in total. The third-order valence-corrected chi connectivity index (χ3v) is 4.26. The summed E-state index contributed by atoms with van der Waals surface area (Å²) in [6, 6.07) is 10.7. The van der Waals surface area contributed by atoms with E-state index < -0.39 is 15.5 Å². The minimum atomic E-state index is -5.43. The summed E-state index contributed by atoms with van der Waals surface area (Å²) in [6.45, 7) is 0.861. The van der Waals surface area contributed by atoms with Crippen LogP contribution in [0.5, 0.6) is 5.75 Å². The van der Waals surface area contributed by atoms with E-state index in [-0.39, 0.29) is 5.69 Å². The van der Waals surface area contributed by atoms with E-state index in [0.717, 1.165) is 5.82 Å². The van der Waals surface area contributed by atoms with Crippen LogP contribution in [-0.4, -0.2) is 39.1 Å². The minimum absolute atomic E-state index is 0.199. The van der Waals surface area contributed by atoms with Crippen molar-refractivity contribution in [3.05, 3.63) is 48.7 Å². The molecule has 6 nitrogen and oxygen atoms in total. The molecule has 1 heterocycles. The number of aromatic nitrogens is 1. The number of sulfonamides is 1. The summed E-state index contributed by atoms with van der Waals surface area (Å²) in [6.07, 6.45) is 1.67. The van der Waals surface area contributed by atoms with Crippen molar-refractivity contribution >= 4 is 21.5 Å². The number of halogens is 3. The highest BCUT2D eigenvalue weighted by molar-refractivity contribution is 7.93. The Balaban J connectivity index is 1.87. The molecule has 10 heteroatoms. The van der Waals surface area contributed by atoms with Crippen LogP contribution in [0.1, 0.15) is 0 Å². The van der Waals surface area contributed by atoms with Crippen molar-refractivity contribution in [2.75, 3.05) is 29.8 Å². The van der Waals surface area contributed by atoms with Crippen molar-refractivity contribution in [2.24, 2.45) is 0 Å². The van der Waals surface area contributed by atoms with Gasteiger partial charge in [0.1, 0.15) is 18.2 Å². The largest absolute Gasteiger partial charge is 0.516 e. The molecule has 1 aromatic heterocycles. The molecular formula is C15H16F3N3O3S. The van der Waals surface area contributed by atoms with Crippen molar-refractivity contribution in [2.45, 2.75) is 5.51 Å². The lowest BCUT2D eigenvalue weighted by molar-refractivity contribution is -0.0429. The Bertz CT molecular complexity index is 781.